The van der Waals surface area contributed by atoms with Gasteiger partial charge in [-0.1, -0.05) is 5.16 Å². The minimum Gasteiger partial charge on any atom is -0.454 e. The third-order valence-corrected chi connectivity index (χ3v) is 5.26. The van der Waals surface area contributed by atoms with Gasteiger partial charge >= 0.3 is 10.2 Å². The summed E-state index contributed by atoms with van der Waals surface area (Å²) in [6.07, 6.45) is 1.38. The number of ether oxygens (including phenoxy) is 2. The lowest BCUT2D eigenvalue weighted by atomic mass is 10.1. The van der Waals surface area contributed by atoms with Crippen molar-refractivity contribution in [2.75, 3.05) is 19.2 Å². The number of amides is 1. The Bertz CT molecular complexity index is 1100. The number of hydrogen-bond acceptors (Lipinski definition) is 7. The van der Waals surface area contributed by atoms with Crippen molar-refractivity contribution in [1.29, 1.82) is 0 Å². The molecule has 0 spiro atoms. The van der Waals surface area contributed by atoms with E-state index in [2.05, 4.69) is 14.9 Å². The highest BCUT2D eigenvalue weighted by molar-refractivity contribution is 7.88. The van der Waals surface area contributed by atoms with Gasteiger partial charge in [0.25, 0.3) is 5.91 Å². The number of hydrogen-bond donors (Lipinski definition) is 1. The van der Waals surface area contributed by atoms with Crippen molar-refractivity contribution in [3.05, 3.63) is 47.4 Å². The largest absolute Gasteiger partial charge is 0.454 e. The normalized spacial score (nSPS) is 17.3. The smallest absolute Gasteiger partial charge is 0.345 e. The van der Waals surface area contributed by atoms with E-state index in [0.717, 1.165) is 4.31 Å². The lowest BCUT2D eigenvalue weighted by Gasteiger charge is -2.23. The fourth-order valence-corrected chi connectivity index (χ4v) is 3.48. The molecule has 1 aromatic carbocycles. The highest BCUT2D eigenvalue weighted by Crippen LogP contribution is 2.33. The summed E-state index contributed by atoms with van der Waals surface area (Å²) in [6.45, 7) is 1.76. The Kier molecular flexibility index (Phi) is 3.88. The van der Waals surface area contributed by atoms with Crippen molar-refractivity contribution in [1.82, 2.24) is 9.46 Å². The van der Waals surface area contributed by atoms with E-state index in [9.17, 15) is 13.2 Å². The second-order valence-corrected chi connectivity index (χ2v) is 7.42. The van der Waals surface area contributed by atoms with Gasteiger partial charge in [-0.05, 0) is 31.2 Å². The lowest BCUT2D eigenvalue weighted by Crippen LogP contribution is -2.35. The van der Waals surface area contributed by atoms with Gasteiger partial charge in [-0.3, -0.25) is 4.79 Å². The highest BCUT2D eigenvalue weighted by atomic mass is 32.2. The molecule has 4 rings (SSSR count). The fraction of sp³-hybridized carbons (Fsp3) is 0.188. The molecule has 11 heteroatoms. The first kappa shape index (κ1) is 17.1. The van der Waals surface area contributed by atoms with E-state index in [1.807, 2.05) is 0 Å². The Hall–Kier alpha value is -3.34. The topological polar surface area (TPSA) is 123 Å². The van der Waals surface area contributed by atoms with E-state index < -0.39 is 16.1 Å². The predicted octanol–water partition coefficient (Wildman–Crippen LogP) is 1.21. The molecule has 2 aromatic rings. The molecule has 0 saturated carbocycles. The molecule has 140 valence electrons. The first-order chi connectivity index (χ1) is 12.8. The molecule has 1 aromatic heterocycles. The van der Waals surface area contributed by atoms with Crippen LogP contribution in [0.4, 0.5) is 5.82 Å². The van der Waals surface area contributed by atoms with Gasteiger partial charge in [0, 0.05) is 18.7 Å². The van der Waals surface area contributed by atoms with Gasteiger partial charge in [-0.15, -0.1) is 4.40 Å². The third kappa shape index (κ3) is 3.12. The van der Waals surface area contributed by atoms with E-state index in [1.54, 1.807) is 25.1 Å². The molecule has 0 aliphatic carbocycles. The summed E-state index contributed by atoms with van der Waals surface area (Å²) in [6, 6.07) is 6.41. The van der Waals surface area contributed by atoms with Gasteiger partial charge < -0.3 is 19.3 Å². The average molecular weight is 390 g/mol. The van der Waals surface area contributed by atoms with Crippen molar-refractivity contribution >= 4 is 27.6 Å². The number of nitrogens with one attached hydrogen (secondary N) is 1. The number of carbonyl (C=O) groups excluding carboxylic acids is 1. The quantitative estimate of drug-likeness (QED) is 0.835. The van der Waals surface area contributed by atoms with E-state index in [0.29, 0.717) is 22.8 Å². The molecule has 0 atom stereocenters. The molecular weight excluding hydrogens is 376 g/mol. The van der Waals surface area contributed by atoms with E-state index in [-0.39, 0.29) is 24.0 Å². The number of nitrogens with zero attached hydrogens (tertiary/aromatic N) is 3. The average Bonchev–Trinajstić information content (AvgIpc) is 3.24. The van der Waals surface area contributed by atoms with Crippen LogP contribution >= 0.6 is 0 Å². The number of anilines is 1. The van der Waals surface area contributed by atoms with E-state index in [1.165, 1.54) is 19.2 Å². The maximum atomic E-state index is 12.6. The van der Waals surface area contributed by atoms with Crippen LogP contribution in [0, 0.1) is 6.92 Å². The van der Waals surface area contributed by atoms with Crippen LogP contribution in [0.1, 0.15) is 11.3 Å². The zero-order chi connectivity index (χ0) is 19.2. The number of aryl methyl sites for hydroxylation is 1. The molecule has 0 fully saturated rings. The maximum Gasteiger partial charge on any atom is 0.345 e. The summed E-state index contributed by atoms with van der Waals surface area (Å²) >= 11 is 0. The molecule has 27 heavy (non-hydrogen) atoms. The zero-order valence-corrected chi connectivity index (χ0v) is 15.1. The minimum atomic E-state index is -4.08. The molecule has 1 amide bonds. The molecule has 0 unspecified atom stereocenters. The SMILES string of the molecule is Cc1cc(NC(=O)C2=CC(c3ccc4c(c3)OCO4)=NS(=O)(=O)N2C)no1. The Morgan fingerprint density at radius 3 is 2.74 bits per heavy atom. The van der Waals surface area contributed by atoms with Crippen LogP contribution in [0.3, 0.4) is 0 Å². The Morgan fingerprint density at radius 2 is 2.00 bits per heavy atom. The number of aromatic nitrogens is 1. The summed E-state index contributed by atoms with van der Waals surface area (Å²) in [5, 5.41) is 6.16. The van der Waals surface area contributed by atoms with Crippen LogP contribution < -0.4 is 14.8 Å². The van der Waals surface area contributed by atoms with E-state index in [4.69, 9.17) is 14.0 Å². The zero-order valence-electron chi connectivity index (χ0n) is 14.3. The lowest BCUT2D eigenvalue weighted by molar-refractivity contribution is -0.113. The number of carbonyl (C=O) groups is 1. The molecule has 2 aliphatic heterocycles. The van der Waals surface area contributed by atoms with Crippen LogP contribution in [0.5, 0.6) is 11.5 Å². The maximum absolute atomic E-state index is 12.6. The first-order valence-corrected chi connectivity index (χ1v) is 9.18. The number of allylic oxidation sites excluding steroid dienone is 1. The second-order valence-electron chi connectivity index (χ2n) is 5.80. The van der Waals surface area contributed by atoms with Crippen LogP contribution in [0.15, 0.2) is 45.0 Å². The second kappa shape index (κ2) is 6.13. The summed E-state index contributed by atoms with van der Waals surface area (Å²) in [4.78, 5) is 12.6. The summed E-state index contributed by atoms with van der Waals surface area (Å²) in [5.74, 6) is 1.05. The van der Waals surface area contributed by atoms with Crippen LogP contribution in [-0.2, 0) is 15.0 Å². The molecule has 0 saturated heterocycles. The molecule has 0 bridgehead atoms. The molecular formula is C16H14N4O6S. The minimum absolute atomic E-state index is 0.0902. The Morgan fingerprint density at radius 1 is 1.22 bits per heavy atom. The molecule has 1 N–H and O–H groups in total. The van der Waals surface area contributed by atoms with Crippen molar-refractivity contribution in [3.63, 3.8) is 0 Å². The van der Waals surface area contributed by atoms with Gasteiger partial charge in [0.05, 0.1) is 5.71 Å². The number of benzene rings is 1. The first-order valence-electron chi connectivity index (χ1n) is 7.79. The summed E-state index contributed by atoms with van der Waals surface area (Å²) < 4.78 is 44.8. The molecule has 0 radical (unpaired) electrons. The van der Waals surface area contributed by atoms with Gasteiger partial charge in [0.1, 0.15) is 11.5 Å². The summed E-state index contributed by atoms with van der Waals surface area (Å²) in [7, 11) is -2.83. The van der Waals surface area contributed by atoms with Crippen molar-refractivity contribution in [2.45, 2.75) is 6.92 Å². The predicted molar refractivity (Wildman–Crippen MR) is 93.7 cm³/mol. The number of likely N-dealkylation sites (N-methyl/N-ethyl adjacent to an activating group) is 1. The standard InChI is InChI=1S/C16H14N4O6S/c1-9-5-15(18-26-9)17-16(21)12-7-11(19-27(22,23)20(12)2)10-3-4-13-14(6-10)25-8-24-13/h3-7H,8H2,1-2H3,(H,17,18,21). The van der Waals surface area contributed by atoms with Gasteiger partial charge in [-0.2, -0.15) is 8.42 Å². The molecule has 10 nitrogen and oxygen atoms in total. The Balaban J connectivity index is 1.70. The fourth-order valence-electron chi connectivity index (χ4n) is 2.56. The van der Waals surface area contributed by atoms with E-state index >= 15 is 0 Å². The third-order valence-electron chi connectivity index (χ3n) is 3.94. The van der Waals surface area contributed by atoms with Gasteiger partial charge in [0.2, 0.25) is 6.79 Å². The summed E-state index contributed by atoms with van der Waals surface area (Å²) in [5.41, 5.74) is 0.463. The number of fused-ring (bicyclic) bond motifs is 1. The van der Waals surface area contributed by atoms with Crippen LogP contribution in [0.2, 0.25) is 0 Å². The van der Waals surface area contributed by atoms with Gasteiger partial charge in [-0.25, -0.2) is 4.31 Å². The molecule has 2 aliphatic rings. The van der Waals surface area contributed by atoms with Crippen molar-refractivity contribution in [3.8, 4) is 11.5 Å². The van der Waals surface area contributed by atoms with Crippen molar-refractivity contribution < 1.29 is 27.2 Å². The number of rotatable bonds is 3. The Labute approximate surface area is 154 Å². The van der Waals surface area contributed by atoms with Crippen LogP contribution in [-0.4, -0.2) is 43.3 Å². The highest BCUT2D eigenvalue weighted by Gasteiger charge is 2.31. The van der Waals surface area contributed by atoms with Gasteiger partial charge in [0.15, 0.2) is 17.3 Å². The van der Waals surface area contributed by atoms with Crippen molar-refractivity contribution in [2.24, 2.45) is 4.40 Å². The molecule has 3 heterocycles. The monoisotopic (exact) mass is 390 g/mol. The van der Waals surface area contributed by atoms with Crippen LogP contribution in [0.25, 0.3) is 0 Å².